The molecule has 1 aliphatic rings. The molecule has 1 N–H and O–H groups in total. The monoisotopic (exact) mass is 299 g/mol. The molecule has 2 aromatic rings. The zero-order valence-electron chi connectivity index (χ0n) is 9.55. The molecule has 3 rings (SSSR count). The van der Waals surface area contributed by atoms with Gasteiger partial charge in [-0.25, -0.2) is 8.42 Å². The van der Waals surface area contributed by atoms with E-state index in [9.17, 15) is 13.2 Å². The van der Waals surface area contributed by atoms with E-state index >= 15 is 0 Å². The molecule has 0 unspecified atom stereocenters. The number of rotatable bonds is 3. The SMILES string of the molecule is O=C(O)C1CN(S(=O)(=O)c2cccc3nsnc23)C1. The fourth-order valence-corrected chi connectivity index (χ4v) is 4.20. The Morgan fingerprint density at radius 2 is 2.11 bits per heavy atom. The third-order valence-electron chi connectivity index (χ3n) is 3.06. The lowest BCUT2D eigenvalue weighted by atomic mass is 10.0. The van der Waals surface area contributed by atoms with E-state index in [1.807, 2.05) is 0 Å². The summed E-state index contributed by atoms with van der Waals surface area (Å²) in [6.07, 6.45) is 0. The van der Waals surface area contributed by atoms with Crippen molar-refractivity contribution in [3.05, 3.63) is 18.2 Å². The highest BCUT2D eigenvalue weighted by atomic mass is 32.2. The molecule has 0 saturated carbocycles. The van der Waals surface area contributed by atoms with Gasteiger partial charge in [0.15, 0.2) is 0 Å². The predicted octanol–water partition coefficient (Wildman–Crippen LogP) is 0.396. The molecule has 100 valence electrons. The number of carboxylic acids is 1. The van der Waals surface area contributed by atoms with Crippen LogP contribution in [0.5, 0.6) is 0 Å². The first-order chi connectivity index (χ1) is 9.00. The molecule has 0 spiro atoms. The maximum absolute atomic E-state index is 12.4. The summed E-state index contributed by atoms with van der Waals surface area (Å²) in [6.45, 7) is 0.0112. The van der Waals surface area contributed by atoms with Gasteiger partial charge in [-0.2, -0.15) is 13.1 Å². The Kier molecular flexibility index (Phi) is 2.77. The van der Waals surface area contributed by atoms with Crippen LogP contribution in [0.4, 0.5) is 0 Å². The van der Waals surface area contributed by atoms with Crippen molar-refractivity contribution >= 4 is 38.8 Å². The predicted molar refractivity (Wildman–Crippen MR) is 67.3 cm³/mol. The molecule has 0 bridgehead atoms. The lowest BCUT2D eigenvalue weighted by Crippen LogP contribution is -2.52. The van der Waals surface area contributed by atoms with Gasteiger partial charge in [0.25, 0.3) is 0 Å². The first-order valence-electron chi connectivity index (χ1n) is 5.44. The molecular formula is C10H9N3O4S2. The number of nitrogens with zero attached hydrogens (tertiary/aromatic N) is 3. The van der Waals surface area contributed by atoms with Crippen LogP contribution in [-0.2, 0) is 14.8 Å². The summed E-state index contributed by atoms with van der Waals surface area (Å²) >= 11 is 0.949. The van der Waals surface area contributed by atoms with Gasteiger partial charge in [0, 0.05) is 13.1 Å². The van der Waals surface area contributed by atoms with Crippen molar-refractivity contribution in [2.45, 2.75) is 4.90 Å². The van der Waals surface area contributed by atoms with Gasteiger partial charge < -0.3 is 5.11 Å². The average Bonchev–Trinajstić information content (AvgIpc) is 2.72. The lowest BCUT2D eigenvalue weighted by Gasteiger charge is -2.35. The minimum Gasteiger partial charge on any atom is -0.481 e. The van der Waals surface area contributed by atoms with Crippen LogP contribution in [0.3, 0.4) is 0 Å². The molecule has 2 heterocycles. The van der Waals surface area contributed by atoms with Gasteiger partial charge in [0.2, 0.25) is 10.0 Å². The summed E-state index contributed by atoms with van der Waals surface area (Å²) in [5.41, 5.74) is 0.868. The molecule has 1 aromatic heterocycles. The van der Waals surface area contributed by atoms with Crippen molar-refractivity contribution in [1.82, 2.24) is 13.1 Å². The van der Waals surface area contributed by atoms with Crippen LogP contribution in [-0.4, -0.2) is 45.6 Å². The highest BCUT2D eigenvalue weighted by Gasteiger charge is 2.41. The highest BCUT2D eigenvalue weighted by molar-refractivity contribution is 7.89. The largest absolute Gasteiger partial charge is 0.481 e. The Labute approximate surface area is 112 Å². The maximum atomic E-state index is 12.4. The van der Waals surface area contributed by atoms with Crippen LogP contribution in [0.15, 0.2) is 23.1 Å². The molecule has 0 atom stereocenters. The van der Waals surface area contributed by atoms with E-state index in [0.717, 1.165) is 16.0 Å². The number of carboxylic acid groups (broad SMARTS) is 1. The van der Waals surface area contributed by atoms with Gasteiger partial charge in [-0.3, -0.25) is 4.79 Å². The van der Waals surface area contributed by atoms with E-state index < -0.39 is 21.9 Å². The van der Waals surface area contributed by atoms with E-state index in [-0.39, 0.29) is 18.0 Å². The zero-order valence-corrected chi connectivity index (χ0v) is 11.2. The van der Waals surface area contributed by atoms with Gasteiger partial charge in [-0.05, 0) is 12.1 Å². The maximum Gasteiger partial charge on any atom is 0.309 e. The Morgan fingerprint density at radius 3 is 2.79 bits per heavy atom. The minimum absolute atomic E-state index is 0.00558. The summed E-state index contributed by atoms with van der Waals surface area (Å²) in [7, 11) is -3.69. The summed E-state index contributed by atoms with van der Waals surface area (Å²) in [5, 5.41) is 8.78. The first kappa shape index (κ1) is 12.5. The molecule has 1 aromatic carbocycles. The van der Waals surface area contributed by atoms with Crippen molar-refractivity contribution in [1.29, 1.82) is 0 Å². The summed E-state index contributed by atoms with van der Waals surface area (Å²) < 4.78 is 33.9. The fraction of sp³-hybridized carbons (Fsp3) is 0.300. The smallest absolute Gasteiger partial charge is 0.309 e. The first-order valence-corrected chi connectivity index (χ1v) is 7.61. The fourth-order valence-electron chi connectivity index (χ4n) is 1.92. The number of aromatic nitrogens is 2. The molecule has 1 fully saturated rings. The second-order valence-corrected chi connectivity index (χ2v) is 6.68. The molecular weight excluding hydrogens is 290 g/mol. The number of aliphatic carboxylic acids is 1. The van der Waals surface area contributed by atoms with Crippen LogP contribution >= 0.6 is 11.7 Å². The van der Waals surface area contributed by atoms with Crippen molar-refractivity contribution in [2.24, 2.45) is 5.92 Å². The van der Waals surface area contributed by atoms with E-state index in [1.165, 1.54) is 6.07 Å². The average molecular weight is 299 g/mol. The van der Waals surface area contributed by atoms with E-state index in [1.54, 1.807) is 12.1 Å². The summed E-state index contributed by atoms with van der Waals surface area (Å²) in [5.74, 6) is -1.59. The van der Waals surface area contributed by atoms with Gasteiger partial charge in [0.05, 0.1) is 17.6 Å². The number of hydrogen-bond donors (Lipinski definition) is 1. The van der Waals surface area contributed by atoms with E-state index in [4.69, 9.17) is 5.11 Å². The van der Waals surface area contributed by atoms with E-state index in [0.29, 0.717) is 11.0 Å². The van der Waals surface area contributed by atoms with Gasteiger partial charge in [-0.15, -0.1) is 0 Å². The molecule has 0 amide bonds. The molecule has 1 aliphatic heterocycles. The molecule has 7 nitrogen and oxygen atoms in total. The molecule has 19 heavy (non-hydrogen) atoms. The van der Waals surface area contributed by atoms with Crippen molar-refractivity contribution in [3.63, 3.8) is 0 Å². The van der Waals surface area contributed by atoms with Crippen LogP contribution in [0.2, 0.25) is 0 Å². The molecule has 0 radical (unpaired) electrons. The van der Waals surface area contributed by atoms with Gasteiger partial charge in [0.1, 0.15) is 15.9 Å². The standard InChI is InChI=1S/C10H9N3O4S2/c14-10(15)6-4-13(5-6)19(16,17)8-3-1-2-7-9(8)12-18-11-7/h1-3,6H,4-5H2,(H,14,15). The molecule has 0 aliphatic carbocycles. The van der Waals surface area contributed by atoms with Gasteiger partial charge >= 0.3 is 5.97 Å². The second kappa shape index (κ2) is 4.22. The van der Waals surface area contributed by atoms with Gasteiger partial charge in [-0.1, -0.05) is 6.07 Å². The quantitative estimate of drug-likeness (QED) is 0.880. The molecule has 9 heteroatoms. The third-order valence-corrected chi connectivity index (χ3v) is 5.47. The number of fused-ring (bicyclic) bond motifs is 1. The number of benzene rings is 1. The number of sulfonamides is 1. The van der Waals surface area contributed by atoms with Crippen molar-refractivity contribution in [2.75, 3.05) is 13.1 Å². The van der Waals surface area contributed by atoms with Crippen LogP contribution in [0, 0.1) is 5.92 Å². The number of hydrogen-bond acceptors (Lipinski definition) is 6. The van der Waals surface area contributed by atoms with E-state index in [2.05, 4.69) is 8.75 Å². The highest BCUT2D eigenvalue weighted by Crippen LogP contribution is 2.29. The van der Waals surface area contributed by atoms with Crippen molar-refractivity contribution in [3.8, 4) is 0 Å². The zero-order chi connectivity index (χ0) is 13.6. The molecule has 1 saturated heterocycles. The van der Waals surface area contributed by atoms with Crippen LogP contribution < -0.4 is 0 Å². The lowest BCUT2D eigenvalue weighted by molar-refractivity contribution is -0.145. The Bertz CT molecular complexity index is 749. The Morgan fingerprint density at radius 1 is 1.37 bits per heavy atom. The number of carbonyl (C=O) groups is 1. The topological polar surface area (TPSA) is 100 Å². The summed E-state index contributed by atoms with van der Waals surface area (Å²) in [4.78, 5) is 10.8. The van der Waals surface area contributed by atoms with Crippen LogP contribution in [0.1, 0.15) is 0 Å². The third kappa shape index (κ3) is 1.90. The van der Waals surface area contributed by atoms with Crippen LogP contribution in [0.25, 0.3) is 11.0 Å². The normalized spacial score (nSPS) is 17.5. The Hall–Kier alpha value is -1.58. The minimum atomic E-state index is -3.69. The summed E-state index contributed by atoms with van der Waals surface area (Å²) in [6, 6.07) is 4.76. The Balaban J connectivity index is 1.98. The van der Waals surface area contributed by atoms with Crippen molar-refractivity contribution < 1.29 is 18.3 Å². The second-order valence-electron chi connectivity index (χ2n) is 4.25.